The molecule has 2 aromatic carbocycles. The lowest BCUT2D eigenvalue weighted by Gasteiger charge is -2.13. The van der Waals surface area contributed by atoms with Gasteiger partial charge in [0.1, 0.15) is 5.01 Å². The average molecular weight is 398 g/mol. The van der Waals surface area contributed by atoms with E-state index in [1.165, 1.54) is 11.3 Å². The summed E-state index contributed by atoms with van der Waals surface area (Å²) in [6.45, 7) is 2.00. The number of ether oxygens (including phenoxy) is 2. The van der Waals surface area contributed by atoms with Crippen LogP contribution < -0.4 is 14.8 Å². The molecule has 0 fully saturated rings. The van der Waals surface area contributed by atoms with Gasteiger partial charge in [0.15, 0.2) is 11.5 Å². The van der Waals surface area contributed by atoms with Gasteiger partial charge in [-0.15, -0.1) is 10.2 Å². The molecule has 28 heavy (non-hydrogen) atoms. The Kier molecular flexibility index (Phi) is 6.60. The molecule has 3 rings (SSSR count). The second-order valence-corrected chi connectivity index (χ2v) is 7.29. The van der Waals surface area contributed by atoms with E-state index < -0.39 is 0 Å². The van der Waals surface area contributed by atoms with E-state index in [1.54, 1.807) is 14.2 Å². The zero-order valence-electron chi connectivity index (χ0n) is 16.1. The third-order valence-corrected chi connectivity index (χ3v) is 5.27. The third kappa shape index (κ3) is 4.67. The van der Waals surface area contributed by atoms with Gasteiger partial charge in [-0.3, -0.25) is 10.1 Å². The first-order chi connectivity index (χ1) is 13.6. The molecule has 1 unspecified atom stereocenters. The Labute approximate surface area is 168 Å². The minimum absolute atomic E-state index is 0.0671. The predicted octanol–water partition coefficient (Wildman–Crippen LogP) is 4.28. The van der Waals surface area contributed by atoms with Gasteiger partial charge in [0.2, 0.25) is 11.0 Å². The lowest BCUT2D eigenvalue weighted by atomic mass is 9.96. The van der Waals surface area contributed by atoms with E-state index in [4.69, 9.17) is 9.47 Å². The van der Waals surface area contributed by atoms with Crippen molar-refractivity contribution in [2.24, 2.45) is 0 Å². The Morgan fingerprint density at radius 2 is 1.82 bits per heavy atom. The molecule has 0 radical (unpaired) electrons. The number of hydrogen-bond donors (Lipinski definition) is 1. The maximum absolute atomic E-state index is 12.7. The number of amides is 1. The van der Waals surface area contributed by atoms with E-state index in [-0.39, 0.29) is 11.8 Å². The zero-order chi connectivity index (χ0) is 19.9. The Morgan fingerprint density at radius 3 is 2.50 bits per heavy atom. The van der Waals surface area contributed by atoms with E-state index in [0.29, 0.717) is 29.5 Å². The van der Waals surface area contributed by atoms with Gasteiger partial charge in [0, 0.05) is 6.42 Å². The van der Waals surface area contributed by atoms with E-state index in [9.17, 15) is 4.79 Å². The maximum atomic E-state index is 12.7. The third-order valence-electron chi connectivity index (χ3n) is 4.43. The number of nitrogens with one attached hydrogen (secondary N) is 1. The summed E-state index contributed by atoms with van der Waals surface area (Å²) in [5, 5.41) is 12.5. The number of carbonyl (C=O) groups excluding carboxylic acids is 1. The number of carbonyl (C=O) groups is 1. The van der Waals surface area contributed by atoms with E-state index in [0.717, 1.165) is 16.1 Å². The van der Waals surface area contributed by atoms with Crippen LogP contribution in [0.3, 0.4) is 0 Å². The molecule has 0 aliphatic carbocycles. The number of methoxy groups -OCH3 is 2. The van der Waals surface area contributed by atoms with Crippen LogP contribution in [0.25, 0.3) is 0 Å². The number of benzene rings is 2. The van der Waals surface area contributed by atoms with Crippen LogP contribution >= 0.6 is 11.3 Å². The molecule has 0 saturated heterocycles. The molecule has 146 valence electrons. The van der Waals surface area contributed by atoms with Crippen LogP contribution in [-0.2, 0) is 11.2 Å². The van der Waals surface area contributed by atoms with Gasteiger partial charge in [-0.1, -0.05) is 54.7 Å². The number of anilines is 1. The maximum Gasteiger partial charge on any atom is 0.233 e. The fourth-order valence-corrected chi connectivity index (χ4v) is 3.77. The number of rotatable bonds is 8. The standard InChI is InChI=1S/C21H23N3O3S/c1-4-16(15-8-6-5-7-9-15)20(25)22-21-24-23-19(28-21)13-14-10-11-17(26-2)18(12-14)27-3/h5-12,16H,4,13H2,1-3H3,(H,22,24,25). The molecule has 6 nitrogen and oxygen atoms in total. The van der Waals surface area contributed by atoms with Crippen LogP contribution in [0.4, 0.5) is 5.13 Å². The molecule has 0 aliphatic heterocycles. The molecule has 1 heterocycles. The van der Waals surface area contributed by atoms with Crippen LogP contribution in [0.2, 0.25) is 0 Å². The minimum Gasteiger partial charge on any atom is -0.493 e. The fraction of sp³-hybridized carbons (Fsp3) is 0.286. The molecular formula is C21H23N3O3S. The molecule has 1 aromatic heterocycles. The lowest BCUT2D eigenvalue weighted by Crippen LogP contribution is -2.20. The summed E-state index contributed by atoms with van der Waals surface area (Å²) in [4.78, 5) is 12.7. The Hall–Kier alpha value is -2.93. The van der Waals surface area contributed by atoms with Crippen molar-refractivity contribution in [3.63, 3.8) is 0 Å². The monoisotopic (exact) mass is 397 g/mol. The van der Waals surface area contributed by atoms with Gasteiger partial charge in [0.25, 0.3) is 0 Å². The van der Waals surface area contributed by atoms with Crippen molar-refractivity contribution in [3.05, 3.63) is 64.7 Å². The zero-order valence-corrected chi connectivity index (χ0v) is 17.0. The van der Waals surface area contributed by atoms with Crippen molar-refractivity contribution in [2.75, 3.05) is 19.5 Å². The van der Waals surface area contributed by atoms with Gasteiger partial charge in [-0.25, -0.2) is 0 Å². The normalized spacial score (nSPS) is 11.7. The molecule has 1 atom stereocenters. The van der Waals surface area contributed by atoms with Crippen molar-refractivity contribution in [1.29, 1.82) is 0 Å². The topological polar surface area (TPSA) is 73.3 Å². The summed E-state index contributed by atoms with van der Waals surface area (Å²) in [5.41, 5.74) is 2.03. The summed E-state index contributed by atoms with van der Waals surface area (Å²) < 4.78 is 10.6. The SMILES string of the molecule is CCC(C(=O)Nc1nnc(Cc2ccc(OC)c(OC)c2)s1)c1ccccc1. The van der Waals surface area contributed by atoms with Crippen molar-refractivity contribution >= 4 is 22.4 Å². The number of aromatic nitrogens is 2. The number of hydrogen-bond acceptors (Lipinski definition) is 6. The quantitative estimate of drug-likeness (QED) is 0.614. The summed E-state index contributed by atoms with van der Waals surface area (Å²) in [6, 6.07) is 15.5. The van der Waals surface area contributed by atoms with Gasteiger partial charge in [-0.05, 0) is 29.7 Å². The number of nitrogens with zero attached hydrogens (tertiary/aromatic N) is 2. The van der Waals surface area contributed by atoms with Crippen molar-refractivity contribution in [3.8, 4) is 11.5 Å². The molecular weight excluding hydrogens is 374 g/mol. The van der Waals surface area contributed by atoms with Gasteiger partial charge < -0.3 is 9.47 Å². The Balaban J connectivity index is 1.68. The first kappa shape index (κ1) is 19.8. The highest BCUT2D eigenvalue weighted by atomic mass is 32.1. The summed E-state index contributed by atoms with van der Waals surface area (Å²) in [7, 11) is 3.22. The van der Waals surface area contributed by atoms with Crippen molar-refractivity contribution in [1.82, 2.24) is 10.2 Å². The molecule has 0 aliphatic rings. The van der Waals surface area contributed by atoms with Crippen LogP contribution in [0, 0.1) is 0 Å². The van der Waals surface area contributed by atoms with E-state index in [1.807, 2.05) is 55.5 Å². The fourth-order valence-electron chi connectivity index (χ4n) is 2.99. The first-order valence-corrected chi connectivity index (χ1v) is 9.85. The predicted molar refractivity (Wildman–Crippen MR) is 110 cm³/mol. The van der Waals surface area contributed by atoms with Gasteiger partial charge >= 0.3 is 0 Å². The Morgan fingerprint density at radius 1 is 1.07 bits per heavy atom. The smallest absolute Gasteiger partial charge is 0.233 e. The lowest BCUT2D eigenvalue weighted by molar-refractivity contribution is -0.117. The van der Waals surface area contributed by atoms with Gasteiger partial charge in [-0.2, -0.15) is 0 Å². The largest absolute Gasteiger partial charge is 0.493 e. The Bertz CT molecular complexity index is 928. The minimum atomic E-state index is -0.209. The highest BCUT2D eigenvalue weighted by Crippen LogP contribution is 2.29. The molecule has 3 aromatic rings. The van der Waals surface area contributed by atoms with Gasteiger partial charge in [0.05, 0.1) is 20.1 Å². The molecule has 1 amide bonds. The highest BCUT2D eigenvalue weighted by molar-refractivity contribution is 7.15. The molecule has 0 bridgehead atoms. The summed E-state index contributed by atoms with van der Waals surface area (Å²) in [6.07, 6.45) is 1.32. The summed E-state index contributed by atoms with van der Waals surface area (Å²) >= 11 is 1.38. The molecule has 0 spiro atoms. The van der Waals surface area contributed by atoms with E-state index >= 15 is 0 Å². The van der Waals surface area contributed by atoms with Crippen LogP contribution in [0.15, 0.2) is 48.5 Å². The molecule has 0 saturated carbocycles. The van der Waals surface area contributed by atoms with Crippen LogP contribution in [-0.4, -0.2) is 30.3 Å². The second-order valence-electron chi connectivity index (χ2n) is 6.23. The van der Waals surface area contributed by atoms with Crippen molar-refractivity contribution in [2.45, 2.75) is 25.7 Å². The second kappa shape index (κ2) is 9.32. The summed E-state index contributed by atoms with van der Waals surface area (Å²) in [5.74, 6) is 1.08. The average Bonchev–Trinajstić information content (AvgIpc) is 3.15. The highest BCUT2D eigenvalue weighted by Gasteiger charge is 2.20. The van der Waals surface area contributed by atoms with Crippen LogP contribution in [0.1, 0.15) is 35.4 Å². The first-order valence-electron chi connectivity index (χ1n) is 9.03. The van der Waals surface area contributed by atoms with E-state index in [2.05, 4.69) is 15.5 Å². The van der Waals surface area contributed by atoms with Crippen LogP contribution in [0.5, 0.6) is 11.5 Å². The van der Waals surface area contributed by atoms with Crippen molar-refractivity contribution < 1.29 is 14.3 Å². The molecule has 7 heteroatoms. The molecule has 1 N–H and O–H groups in total.